The normalized spacial score (nSPS) is 21.0. The van der Waals surface area contributed by atoms with E-state index < -0.39 is 5.82 Å². The van der Waals surface area contributed by atoms with Gasteiger partial charge < -0.3 is 10.4 Å². The first kappa shape index (κ1) is 16.2. The van der Waals surface area contributed by atoms with Gasteiger partial charge in [0.05, 0.1) is 0 Å². The average molecular weight is 294 g/mol. The molecule has 2 N–H and O–H groups in total. The summed E-state index contributed by atoms with van der Waals surface area (Å²) in [4.78, 5) is 2.39. The fraction of sp³-hybridized carbons (Fsp3) is 0.647. The van der Waals surface area contributed by atoms with Crippen molar-refractivity contribution in [2.24, 2.45) is 5.92 Å². The molecule has 0 aliphatic carbocycles. The van der Waals surface area contributed by atoms with Crippen LogP contribution in [0, 0.1) is 11.7 Å². The van der Waals surface area contributed by atoms with E-state index in [2.05, 4.69) is 31.0 Å². The first-order valence-corrected chi connectivity index (χ1v) is 7.94. The molecule has 1 saturated heterocycles. The monoisotopic (exact) mass is 294 g/mol. The summed E-state index contributed by atoms with van der Waals surface area (Å²) < 4.78 is 13.2. The first-order chi connectivity index (χ1) is 9.99. The Morgan fingerprint density at radius 3 is 2.71 bits per heavy atom. The van der Waals surface area contributed by atoms with Crippen LogP contribution in [0.5, 0.6) is 5.75 Å². The Morgan fingerprint density at radius 1 is 1.38 bits per heavy atom. The van der Waals surface area contributed by atoms with Crippen molar-refractivity contribution < 1.29 is 9.50 Å². The standard InChI is InChI=1S/C17H27FN2O/c1-12(2)20(11-14-5-4-8-19-10-14)13(3)16-7-6-15(18)9-17(16)21/h6-7,9,12-14,19,21H,4-5,8,10-11H2,1-3H3. The lowest BCUT2D eigenvalue weighted by Gasteiger charge is -2.37. The van der Waals surface area contributed by atoms with E-state index in [1.807, 2.05) is 0 Å². The zero-order valence-electron chi connectivity index (χ0n) is 13.3. The first-order valence-electron chi connectivity index (χ1n) is 7.94. The number of phenols is 1. The SMILES string of the molecule is CC(C)N(CC1CCCNC1)C(C)c1ccc(F)cc1O. The Hall–Kier alpha value is -1.13. The minimum Gasteiger partial charge on any atom is -0.508 e. The Bertz CT molecular complexity index is 458. The number of hydrogen-bond acceptors (Lipinski definition) is 3. The zero-order valence-corrected chi connectivity index (χ0v) is 13.3. The van der Waals surface area contributed by atoms with Gasteiger partial charge in [-0.25, -0.2) is 4.39 Å². The van der Waals surface area contributed by atoms with E-state index in [0.717, 1.165) is 25.2 Å². The van der Waals surface area contributed by atoms with Crippen molar-refractivity contribution in [2.45, 2.75) is 45.7 Å². The van der Waals surface area contributed by atoms with Gasteiger partial charge in [0.15, 0.2) is 0 Å². The second-order valence-corrected chi connectivity index (χ2v) is 6.38. The second kappa shape index (κ2) is 7.23. The molecule has 0 radical (unpaired) electrons. The maximum Gasteiger partial charge on any atom is 0.126 e. The minimum absolute atomic E-state index is 0.0509. The lowest BCUT2D eigenvalue weighted by atomic mass is 9.96. The second-order valence-electron chi connectivity index (χ2n) is 6.38. The van der Waals surface area contributed by atoms with Gasteiger partial charge in [0, 0.05) is 30.3 Å². The maximum atomic E-state index is 13.2. The summed E-state index contributed by atoms with van der Waals surface area (Å²) in [6.45, 7) is 9.62. The quantitative estimate of drug-likeness (QED) is 0.874. The largest absolute Gasteiger partial charge is 0.508 e. The number of nitrogens with zero attached hydrogens (tertiary/aromatic N) is 1. The number of phenolic OH excluding ortho intramolecular Hbond substituents is 1. The summed E-state index contributed by atoms with van der Waals surface area (Å²) >= 11 is 0. The van der Waals surface area contributed by atoms with Crippen molar-refractivity contribution in [3.05, 3.63) is 29.6 Å². The third-order valence-electron chi connectivity index (χ3n) is 4.47. The summed E-state index contributed by atoms with van der Waals surface area (Å²) in [6.07, 6.45) is 2.48. The molecule has 1 aliphatic rings. The molecule has 2 rings (SSSR count). The van der Waals surface area contributed by atoms with Crippen molar-refractivity contribution in [3.8, 4) is 5.75 Å². The molecule has 2 atom stereocenters. The molecule has 0 saturated carbocycles. The van der Waals surface area contributed by atoms with Crippen LogP contribution in [-0.4, -0.2) is 35.7 Å². The summed E-state index contributed by atoms with van der Waals surface area (Å²) in [5.74, 6) is 0.303. The lowest BCUT2D eigenvalue weighted by molar-refractivity contribution is 0.125. The molecule has 1 aromatic rings. The predicted octanol–water partition coefficient (Wildman–Crippen LogP) is 3.30. The van der Waals surface area contributed by atoms with Crippen LogP contribution in [0.25, 0.3) is 0 Å². The van der Waals surface area contributed by atoms with Crippen LogP contribution in [-0.2, 0) is 0 Å². The summed E-state index contributed by atoms with van der Waals surface area (Å²) in [6, 6.07) is 4.78. The molecule has 2 unspecified atom stereocenters. The molecule has 0 aromatic heterocycles. The smallest absolute Gasteiger partial charge is 0.126 e. The Balaban J connectivity index is 2.12. The molecule has 0 amide bonds. The Morgan fingerprint density at radius 2 is 2.14 bits per heavy atom. The van der Waals surface area contributed by atoms with Crippen molar-refractivity contribution in [3.63, 3.8) is 0 Å². The van der Waals surface area contributed by atoms with E-state index in [-0.39, 0.29) is 11.8 Å². The molecule has 0 spiro atoms. The summed E-state index contributed by atoms with van der Waals surface area (Å²) in [7, 11) is 0. The van der Waals surface area contributed by atoms with Crippen LogP contribution in [0.2, 0.25) is 0 Å². The molecule has 3 nitrogen and oxygen atoms in total. The molecule has 1 aliphatic heterocycles. The van der Waals surface area contributed by atoms with Crippen LogP contribution in [0.15, 0.2) is 18.2 Å². The molecular formula is C17H27FN2O. The molecule has 1 heterocycles. The van der Waals surface area contributed by atoms with Gasteiger partial charge in [-0.1, -0.05) is 6.07 Å². The van der Waals surface area contributed by atoms with Gasteiger partial charge in [0.2, 0.25) is 0 Å². The molecule has 4 heteroatoms. The van der Waals surface area contributed by atoms with E-state index >= 15 is 0 Å². The van der Waals surface area contributed by atoms with E-state index in [1.165, 1.54) is 25.0 Å². The van der Waals surface area contributed by atoms with Crippen LogP contribution in [0.1, 0.15) is 45.2 Å². The van der Waals surface area contributed by atoms with Gasteiger partial charge in [-0.3, -0.25) is 4.90 Å². The average Bonchev–Trinajstić information content (AvgIpc) is 2.45. The van der Waals surface area contributed by atoms with Gasteiger partial charge in [-0.2, -0.15) is 0 Å². The Kier molecular flexibility index (Phi) is 5.59. The number of piperidine rings is 1. The summed E-state index contributed by atoms with van der Waals surface area (Å²) in [5, 5.41) is 13.5. The molecule has 1 aromatic carbocycles. The molecule has 1 fully saturated rings. The van der Waals surface area contributed by atoms with Crippen molar-refractivity contribution in [2.75, 3.05) is 19.6 Å². The highest BCUT2D eigenvalue weighted by Gasteiger charge is 2.25. The van der Waals surface area contributed by atoms with Gasteiger partial charge in [-0.05, 0) is 58.7 Å². The van der Waals surface area contributed by atoms with Crippen molar-refractivity contribution in [1.29, 1.82) is 0 Å². The number of halogens is 1. The van der Waals surface area contributed by atoms with E-state index in [4.69, 9.17) is 0 Å². The topological polar surface area (TPSA) is 35.5 Å². The number of nitrogens with one attached hydrogen (secondary N) is 1. The van der Waals surface area contributed by atoms with Gasteiger partial charge in [-0.15, -0.1) is 0 Å². The highest BCUT2D eigenvalue weighted by Crippen LogP contribution is 2.31. The van der Waals surface area contributed by atoms with Crippen LogP contribution < -0.4 is 5.32 Å². The van der Waals surface area contributed by atoms with Crippen LogP contribution in [0.3, 0.4) is 0 Å². The molecule has 118 valence electrons. The van der Waals surface area contributed by atoms with E-state index in [0.29, 0.717) is 12.0 Å². The lowest BCUT2D eigenvalue weighted by Crippen LogP contribution is -2.42. The number of rotatable bonds is 5. The molecule has 21 heavy (non-hydrogen) atoms. The number of benzene rings is 1. The van der Waals surface area contributed by atoms with Crippen LogP contribution >= 0.6 is 0 Å². The third kappa shape index (κ3) is 4.17. The zero-order chi connectivity index (χ0) is 15.4. The maximum absolute atomic E-state index is 13.2. The predicted molar refractivity (Wildman–Crippen MR) is 83.9 cm³/mol. The van der Waals surface area contributed by atoms with Crippen molar-refractivity contribution in [1.82, 2.24) is 10.2 Å². The van der Waals surface area contributed by atoms with Crippen molar-refractivity contribution >= 4 is 0 Å². The highest BCUT2D eigenvalue weighted by molar-refractivity contribution is 5.35. The van der Waals surface area contributed by atoms with Gasteiger partial charge >= 0.3 is 0 Å². The fourth-order valence-corrected chi connectivity index (χ4v) is 3.24. The van der Waals surface area contributed by atoms with Crippen LogP contribution in [0.4, 0.5) is 4.39 Å². The van der Waals surface area contributed by atoms with Gasteiger partial charge in [0.1, 0.15) is 11.6 Å². The fourth-order valence-electron chi connectivity index (χ4n) is 3.24. The highest BCUT2D eigenvalue weighted by atomic mass is 19.1. The third-order valence-corrected chi connectivity index (χ3v) is 4.47. The van der Waals surface area contributed by atoms with E-state index in [1.54, 1.807) is 6.07 Å². The number of hydrogen-bond donors (Lipinski definition) is 2. The molecular weight excluding hydrogens is 267 g/mol. The Labute approximate surface area is 127 Å². The van der Waals surface area contributed by atoms with E-state index in [9.17, 15) is 9.50 Å². The number of aromatic hydroxyl groups is 1. The minimum atomic E-state index is -0.393. The van der Waals surface area contributed by atoms with Gasteiger partial charge in [0.25, 0.3) is 0 Å². The summed E-state index contributed by atoms with van der Waals surface area (Å²) in [5.41, 5.74) is 0.800. The molecule has 0 bridgehead atoms.